The summed E-state index contributed by atoms with van der Waals surface area (Å²) >= 11 is 5.81. The molecule has 0 bridgehead atoms. The van der Waals surface area contributed by atoms with Gasteiger partial charge in [0, 0.05) is 18.3 Å². The monoisotopic (exact) mass is 261 g/mol. The molecule has 17 heavy (non-hydrogen) atoms. The summed E-state index contributed by atoms with van der Waals surface area (Å²) < 4.78 is 6.47. The van der Waals surface area contributed by atoms with Crippen molar-refractivity contribution in [3.05, 3.63) is 11.4 Å². The minimum Gasteiger partial charge on any atom is -0.394 e. The molecule has 3 N–H and O–H groups in total. The van der Waals surface area contributed by atoms with E-state index in [0.29, 0.717) is 13.0 Å². The Kier molecular flexibility index (Phi) is 3.46. The molecule has 2 aliphatic heterocycles. The van der Waals surface area contributed by atoms with Crippen molar-refractivity contribution < 1.29 is 14.6 Å². The van der Waals surface area contributed by atoms with Crippen LogP contribution in [0.5, 0.6) is 0 Å². The standard InChI is InChI=1S/C10H16ClN3O3/c1-6-4-13(10(16)14(11)9(6)12)8-3-2-7(5-15)17-8/h7-8,15H,2-5,12H2,1H3/t7-,8+/m0/s1. The minimum absolute atomic E-state index is 0.0277. The highest BCUT2D eigenvalue weighted by Crippen LogP contribution is 2.28. The number of ether oxygens (including phenoxy) is 1. The molecule has 0 radical (unpaired) electrons. The van der Waals surface area contributed by atoms with Crippen LogP contribution in [0.3, 0.4) is 0 Å². The zero-order chi connectivity index (χ0) is 12.6. The fraction of sp³-hybridized carbons (Fsp3) is 0.700. The first-order valence-electron chi connectivity index (χ1n) is 5.52. The molecule has 0 unspecified atom stereocenters. The van der Waals surface area contributed by atoms with Crippen LogP contribution in [-0.4, -0.2) is 45.9 Å². The first-order chi connectivity index (χ1) is 8.04. The molecule has 96 valence electrons. The van der Waals surface area contributed by atoms with Gasteiger partial charge < -0.3 is 15.6 Å². The van der Waals surface area contributed by atoms with Crippen molar-refractivity contribution in [2.45, 2.75) is 32.1 Å². The zero-order valence-corrected chi connectivity index (χ0v) is 10.4. The van der Waals surface area contributed by atoms with E-state index in [1.54, 1.807) is 0 Å². The summed E-state index contributed by atoms with van der Waals surface area (Å²) in [5.74, 6) is 0.282. The number of carbonyl (C=O) groups excluding carboxylic acids is 1. The first kappa shape index (κ1) is 12.5. The maximum Gasteiger partial charge on any atom is 0.342 e. The number of carbonyl (C=O) groups is 1. The molecule has 0 spiro atoms. The Balaban J connectivity index is 2.11. The van der Waals surface area contributed by atoms with Gasteiger partial charge in [0.2, 0.25) is 0 Å². The van der Waals surface area contributed by atoms with Crippen LogP contribution in [-0.2, 0) is 4.74 Å². The summed E-state index contributed by atoms with van der Waals surface area (Å²) in [4.78, 5) is 13.5. The van der Waals surface area contributed by atoms with Gasteiger partial charge in [0.25, 0.3) is 0 Å². The molecule has 0 saturated carbocycles. The number of urea groups is 1. The highest BCUT2D eigenvalue weighted by molar-refractivity contribution is 6.22. The summed E-state index contributed by atoms with van der Waals surface area (Å²) in [7, 11) is 0. The van der Waals surface area contributed by atoms with Gasteiger partial charge in [-0.15, -0.1) is 0 Å². The minimum atomic E-state index is -0.377. The highest BCUT2D eigenvalue weighted by atomic mass is 35.5. The van der Waals surface area contributed by atoms with Gasteiger partial charge >= 0.3 is 6.03 Å². The fourth-order valence-electron chi connectivity index (χ4n) is 2.06. The van der Waals surface area contributed by atoms with E-state index in [0.717, 1.165) is 16.4 Å². The van der Waals surface area contributed by atoms with E-state index in [4.69, 9.17) is 27.4 Å². The predicted molar refractivity (Wildman–Crippen MR) is 61.7 cm³/mol. The Labute approximate surface area is 105 Å². The molecular weight excluding hydrogens is 246 g/mol. The molecule has 6 nitrogen and oxygen atoms in total. The third-order valence-electron chi connectivity index (χ3n) is 3.11. The quantitative estimate of drug-likeness (QED) is 0.712. The van der Waals surface area contributed by atoms with Crippen molar-refractivity contribution >= 4 is 17.8 Å². The van der Waals surface area contributed by atoms with Gasteiger partial charge in [-0.1, -0.05) is 0 Å². The largest absolute Gasteiger partial charge is 0.394 e. The lowest BCUT2D eigenvalue weighted by atomic mass is 10.2. The second-order valence-corrected chi connectivity index (χ2v) is 4.67. The average molecular weight is 262 g/mol. The number of nitrogens with zero attached hydrogens (tertiary/aromatic N) is 2. The van der Waals surface area contributed by atoms with Crippen LogP contribution in [0.25, 0.3) is 0 Å². The summed E-state index contributed by atoms with van der Waals surface area (Å²) in [6.07, 6.45) is 0.921. The molecule has 0 aromatic rings. The second kappa shape index (κ2) is 4.72. The van der Waals surface area contributed by atoms with Crippen molar-refractivity contribution in [1.82, 2.24) is 9.32 Å². The molecule has 2 amide bonds. The van der Waals surface area contributed by atoms with Crippen molar-refractivity contribution in [1.29, 1.82) is 0 Å². The number of halogens is 1. The molecule has 1 fully saturated rings. The summed E-state index contributed by atoms with van der Waals surface area (Å²) in [6, 6.07) is -0.377. The molecule has 7 heteroatoms. The first-order valence-corrected chi connectivity index (χ1v) is 5.86. The number of aliphatic hydroxyl groups excluding tert-OH is 1. The van der Waals surface area contributed by atoms with Gasteiger partial charge in [-0.05, 0) is 25.3 Å². The maximum absolute atomic E-state index is 11.9. The van der Waals surface area contributed by atoms with Gasteiger partial charge in [0.1, 0.15) is 12.0 Å². The second-order valence-electron chi connectivity index (χ2n) is 4.33. The van der Waals surface area contributed by atoms with Crippen molar-refractivity contribution in [3.63, 3.8) is 0 Å². The van der Waals surface area contributed by atoms with Crippen molar-refractivity contribution in [3.8, 4) is 0 Å². The van der Waals surface area contributed by atoms with Crippen LogP contribution in [0.4, 0.5) is 4.79 Å². The van der Waals surface area contributed by atoms with Gasteiger partial charge in [-0.25, -0.2) is 4.79 Å². The average Bonchev–Trinajstić information content (AvgIpc) is 2.79. The molecule has 2 rings (SSSR count). The Hall–Kier alpha value is -0.980. The van der Waals surface area contributed by atoms with E-state index in [2.05, 4.69) is 0 Å². The fourth-order valence-corrected chi connectivity index (χ4v) is 2.30. The lowest BCUT2D eigenvalue weighted by Crippen LogP contribution is -2.50. The lowest BCUT2D eigenvalue weighted by molar-refractivity contribution is -0.0512. The number of amides is 2. The number of hydrogen-bond donors (Lipinski definition) is 2. The lowest BCUT2D eigenvalue weighted by Gasteiger charge is -2.35. The van der Waals surface area contributed by atoms with Gasteiger partial charge in [-0.2, -0.15) is 4.42 Å². The van der Waals surface area contributed by atoms with Crippen LogP contribution in [0, 0.1) is 0 Å². The molecular formula is C10H16ClN3O3. The molecule has 0 aliphatic carbocycles. The Morgan fingerprint density at radius 3 is 2.88 bits per heavy atom. The van der Waals surface area contributed by atoms with Gasteiger partial charge in [0.15, 0.2) is 0 Å². The number of aliphatic hydroxyl groups is 1. The molecule has 1 saturated heterocycles. The van der Waals surface area contributed by atoms with E-state index in [1.165, 1.54) is 4.90 Å². The Morgan fingerprint density at radius 2 is 2.29 bits per heavy atom. The molecule has 0 aromatic carbocycles. The Morgan fingerprint density at radius 1 is 1.59 bits per heavy atom. The molecule has 2 atom stereocenters. The summed E-state index contributed by atoms with van der Waals surface area (Å²) in [5, 5.41) is 9.00. The van der Waals surface area contributed by atoms with E-state index in [-0.39, 0.29) is 30.8 Å². The van der Waals surface area contributed by atoms with Crippen LogP contribution in [0.2, 0.25) is 0 Å². The van der Waals surface area contributed by atoms with Crippen LogP contribution in [0.15, 0.2) is 11.4 Å². The predicted octanol–water partition coefficient (Wildman–Crippen LogP) is 0.565. The highest BCUT2D eigenvalue weighted by Gasteiger charge is 2.37. The Bertz CT molecular complexity index is 361. The van der Waals surface area contributed by atoms with Crippen molar-refractivity contribution in [2.24, 2.45) is 5.73 Å². The topological polar surface area (TPSA) is 79.0 Å². The van der Waals surface area contributed by atoms with E-state index in [9.17, 15) is 4.79 Å². The van der Waals surface area contributed by atoms with E-state index in [1.807, 2.05) is 6.92 Å². The van der Waals surface area contributed by atoms with E-state index < -0.39 is 0 Å². The van der Waals surface area contributed by atoms with Crippen molar-refractivity contribution in [2.75, 3.05) is 13.2 Å². The zero-order valence-electron chi connectivity index (χ0n) is 9.60. The SMILES string of the molecule is CC1=C(N)N(Cl)C(=O)N([C@H]2CC[C@@H](CO)O2)C1. The third kappa shape index (κ3) is 2.20. The normalized spacial score (nSPS) is 30.4. The molecule has 2 aliphatic rings. The third-order valence-corrected chi connectivity index (χ3v) is 3.43. The summed E-state index contributed by atoms with van der Waals surface area (Å²) in [5.41, 5.74) is 6.50. The number of rotatable bonds is 2. The van der Waals surface area contributed by atoms with Gasteiger partial charge in [-0.3, -0.25) is 4.90 Å². The smallest absolute Gasteiger partial charge is 0.342 e. The van der Waals surface area contributed by atoms with E-state index >= 15 is 0 Å². The number of nitrogens with two attached hydrogens (primary N) is 1. The maximum atomic E-state index is 11.9. The van der Waals surface area contributed by atoms with Crippen LogP contribution in [0.1, 0.15) is 19.8 Å². The van der Waals surface area contributed by atoms with Crippen LogP contribution < -0.4 is 5.73 Å². The molecule has 0 aromatic heterocycles. The van der Waals surface area contributed by atoms with Gasteiger partial charge in [0.05, 0.1) is 12.7 Å². The van der Waals surface area contributed by atoms with Crippen LogP contribution >= 0.6 is 11.8 Å². The molecule has 2 heterocycles. The summed E-state index contributed by atoms with van der Waals surface area (Å²) in [6.45, 7) is 2.21. The number of hydrogen-bond acceptors (Lipinski definition) is 4.